The fraction of sp³-hybridized carbons (Fsp3) is 0.700. The van der Waals surface area contributed by atoms with Gasteiger partial charge in [0, 0.05) is 12.8 Å². The number of rotatable bonds is 1. The van der Waals surface area contributed by atoms with Crippen LogP contribution < -0.4 is 5.11 Å². The number of ether oxygens (including phenoxy) is 2. The zero-order valence-electron chi connectivity index (χ0n) is 7.95. The lowest BCUT2D eigenvalue weighted by molar-refractivity contribution is -0.297. The number of hydrogen-bond acceptors (Lipinski definition) is 4. The molecule has 0 amide bonds. The zero-order valence-corrected chi connectivity index (χ0v) is 7.95. The molecule has 0 bridgehead atoms. The van der Waals surface area contributed by atoms with Gasteiger partial charge in [-0.3, -0.25) is 0 Å². The van der Waals surface area contributed by atoms with E-state index in [1.807, 2.05) is 0 Å². The average Bonchev–Trinajstić information content (AvgIpc) is 2.58. The van der Waals surface area contributed by atoms with Gasteiger partial charge in [0.1, 0.15) is 0 Å². The van der Waals surface area contributed by atoms with E-state index in [9.17, 15) is 9.90 Å². The summed E-state index contributed by atoms with van der Waals surface area (Å²) in [4.78, 5) is 10.3. The molecule has 1 heterocycles. The number of carboxylic acid groups (broad SMARTS) is 1. The second-order valence-electron chi connectivity index (χ2n) is 3.73. The number of carbonyl (C=O) groups is 1. The fourth-order valence-corrected chi connectivity index (χ4v) is 2.05. The lowest BCUT2D eigenvalue weighted by Gasteiger charge is -2.32. The van der Waals surface area contributed by atoms with E-state index in [0.717, 1.165) is 31.3 Å². The molecule has 1 saturated heterocycles. The Hall–Kier alpha value is -0.870. The monoisotopic (exact) mass is 197 g/mol. The molecule has 1 aliphatic carbocycles. The summed E-state index contributed by atoms with van der Waals surface area (Å²) in [5.41, 5.74) is 0.926. The Morgan fingerprint density at radius 2 is 1.86 bits per heavy atom. The highest BCUT2D eigenvalue weighted by Crippen LogP contribution is 2.37. The van der Waals surface area contributed by atoms with E-state index >= 15 is 0 Å². The smallest absolute Gasteiger partial charge is 0.169 e. The molecule has 0 atom stereocenters. The third kappa shape index (κ3) is 1.96. The van der Waals surface area contributed by atoms with Gasteiger partial charge in [-0.25, -0.2) is 0 Å². The van der Waals surface area contributed by atoms with Gasteiger partial charge in [-0.1, -0.05) is 5.57 Å². The van der Waals surface area contributed by atoms with Gasteiger partial charge in [0.05, 0.1) is 19.2 Å². The zero-order chi connectivity index (χ0) is 10.0. The Balaban J connectivity index is 1.94. The Morgan fingerprint density at radius 3 is 2.36 bits per heavy atom. The van der Waals surface area contributed by atoms with Crippen LogP contribution in [-0.4, -0.2) is 25.0 Å². The number of aliphatic carboxylic acids is 1. The second kappa shape index (κ2) is 3.71. The van der Waals surface area contributed by atoms with E-state index in [1.165, 1.54) is 6.08 Å². The van der Waals surface area contributed by atoms with Crippen molar-refractivity contribution in [3.05, 3.63) is 11.6 Å². The Labute approximate surface area is 82.5 Å². The van der Waals surface area contributed by atoms with Gasteiger partial charge in [0.25, 0.3) is 0 Å². The van der Waals surface area contributed by atoms with Crippen LogP contribution in [0.4, 0.5) is 0 Å². The molecule has 0 unspecified atom stereocenters. The predicted octanol–water partition coefficient (Wildman–Crippen LogP) is -0.0202. The third-order valence-corrected chi connectivity index (χ3v) is 2.79. The predicted molar refractivity (Wildman–Crippen MR) is 46.2 cm³/mol. The van der Waals surface area contributed by atoms with Crippen molar-refractivity contribution in [3.8, 4) is 0 Å². The van der Waals surface area contributed by atoms with Crippen LogP contribution in [0.25, 0.3) is 0 Å². The highest BCUT2D eigenvalue weighted by atomic mass is 16.7. The minimum atomic E-state index is -1.11. The summed E-state index contributed by atoms with van der Waals surface area (Å²) < 4.78 is 11.0. The van der Waals surface area contributed by atoms with Crippen LogP contribution in [0.3, 0.4) is 0 Å². The highest BCUT2D eigenvalue weighted by molar-refractivity contribution is 5.78. The molecule has 4 heteroatoms. The topological polar surface area (TPSA) is 58.6 Å². The van der Waals surface area contributed by atoms with Crippen molar-refractivity contribution < 1.29 is 19.4 Å². The SMILES string of the molecule is O=C([O-])C=C1CCC2(CC1)OCCO2. The Kier molecular flexibility index (Phi) is 2.56. The van der Waals surface area contributed by atoms with Gasteiger partial charge in [-0.05, 0) is 18.9 Å². The van der Waals surface area contributed by atoms with E-state index in [0.29, 0.717) is 13.2 Å². The number of carboxylic acids is 1. The van der Waals surface area contributed by atoms with Crippen LogP contribution in [0.15, 0.2) is 11.6 Å². The van der Waals surface area contributed by atoms with Crippen LogP contribution in [0, 0.1) is 0 Å². The number of carbonyl (C=O) groups excluding carboxylic acids is 1. The normalized spacial score (nSPS) is 25.3. The average molecular weight is 197 g/mol. The van der Waals surface area contributed by atoms with Crippen molar-refractivity contribution in [2.45, 2.75) is 31.5 Å². The first-order valence-corrected chi connectivity index (χ1v) is 4.89. The van der Waals surface area contributed by atoms with E-state index in [4.69, 9.17) is 9.47 Å². The van der Waals surface area contributed by atoms with Crippen LogP contribution in [0.1, 0.15) is 25.7 Å². The maximum Gasteiger partial charge on any atom is 0.169 e. The first kappa shape index (κ1) is 9.68. The maximum absolute atomic E-state index is 10.3. The molecule has 1 aliphatic heterocycles. The molecule has 1 saturated carbocycles. The summed E-state index contributed by atoms with van der Waals surface area (Å²) in [6, 6.07) is 0. The van der Waals surface area contributed by atoms with Crippen LogP contribution in [-0.2, 0) is 14.3 Å². The van der Waals surface area contributed by atoms with Crippen LogP contribution in [0.2, 0.25) is 0 Å². The Morgan fingerprint density at radius 1 is 1.29 bits per heavy atom. The minimum absolute atomic E-state index is 0.413. The molecule has 0 aromatic heterocycles. The molecule has 0 radical (unpaired) electrons. The summed E-state index contributed by atoms with van der Waals surface area (Å²) in [6.45, 7) is 1.30. The molecule has 78 valence electrons. The molecular weight excluding hydrogens is 184 g/mol. The first-order valence-electron chi connectivity index (χ1n) is 4.89. The molecular formula is C10H13O4-. The molecule has 1 spiro atoms. The molecule has 2 fully saturated rings. The van der Waals surface area contributed by atoms with Crippen LogP contribution in [0.5, 0.6) is 0 Å². The lowest BCUT2D eigenvalue weighted by Crippen LogP contribution is -2.33. The summed E-state index contributed by atoms with van der Waals surface area (Å²) in [5, 5.41) is 10.3. The van der Waals surface area contributed by atoms with Crippen LogP contribution >= 0.6 is 0 Å². The van der Waals surface area contributed by atoms with Crippen molar-refractivity contribution in [2.24, 2.45) is 0 Å². The number of hydrogen-bond donors (Lipinski definition) is 0. The van der Waals surface area contributed by atoms with E-state index in [-0.39, 0.29) is 0 Å². The number of allylic oxidation sites excluding steroid dienone is 1. The quantitative estimate of drug-likeness (QED) is 0.554. The van der Waals surface area contributed by atoms with Crippen molar-refractivity contribution >= 4 is 5.97 Å². The van der Waals surface area contributed by atoms with Gasteiger partial charge in [0.15, 0.2) is 5.79 Å². The molecule has 2 aliphatic rings. The second-order valence-corrected chi connectivity index (χ2v) is 3.73. The van der Waals surface area contributed by atoms with Gasteiger partial charge < -0.3 is 19.4 Å². The summed E-state index contributed by atoms with van der Waals surface area (Å²) >= 11 is 0. The first-order chi connectivity index (χ1) is 6.70. The Bertz CT molecular complexity index is 251. The molecule has 2 rings (SSSR count). The molecule has 0 aromatic carbocycles. The standard InChI is InChI=1S/C10H14O4/c11-9(12)7-8-1-3-10(4-2-8)13-5-6-14-10/h7H,1-6H2,(H,11,12)/p-1. The minimum Gasteiger partial charge on any atom is -0.545 e. The van der Waals surface area contributed by atoms with E-state index in [1.54, 1.807) is 0 Å². The van der Waals surface area contributed by atoms with Crippen molar-refractivity contribution in [3.63, 3.8) is 0 Å². The van der Waals surface area contributed by atoms with E-state index in [2.05, 4.69) is 0 Å². The molecule has 0 aromatic rings. The third-order valence-electron chi connectivity index (χ3n) is 2.79. The molecule has 0 N–H and O–H groups in total. The lowest BCUT2D eigenvalue weighted by atomic mass is 9.89. The highest BCUT2D eigenvalue weighted by Gasteiger charge is 2.38. The van der Waals surface area contributed by atoms with Gasteiger partial charge in [0.2, 0.25) is 0 Å². The summed E-state index contributed by atoms with van der Waals surface area (Å²) in [6.07, 6.45) is 4.17. The summed E-state index contributed by atoms with van der Waals surface area (Å²) in [7, 11) is 0. The molecule has 14 heavy (non-hydrogen) atoms. The van der Waals surface area contributed by atoms with Gasteiger partial charge >= 0.3 is 0 Å². The van der Waals surface area contributed by atoms with Crippen molar-refractivity contribution in [1.82, 2.24) is 0 Å². The summed E-state index contributed by atoms with van der Waals surface area (Å²) in [5.74, 6) is -1.52. The fourth-order valence-electron chi connectivity index (χ4n) is 2.05. The molecule has 4 nitrogen and oxygen atoms in total. The van der Waals surface area contributed by atoms with E-state index < -0.39 is 11.8 Å². The van der Waals surface area contributed by atoms with Crippen molar-refractivity contribution in [2.75, 3.05) is 13.2 Å². The van der Waals surface area contributed by atoms with Gasteiger partial charge in [-0.15, -0.1) is 0 Å². The maximum atomic E-state index is 10.3. The largest absolute Gasteiger partial charge is 0.545 e. The van der Waals surface area contributed by atoms with Gasteiger partial charge in [-0.2, -0.15) is 0 Å². The van der Waals surface area contributed by atoms with Crippen molar-refractivity contribution in [1.29, 1.82) is 0 Å².